The van der Waals surface area contributed by atoms with Gasteiger partial charge in [-0.05, 0) is 18.1 Å². The minimum absolute atomic E-state index is 0.0971. The van der Waals surface area contributed by atoms with Gasteiger partial charge in [0.1, 0.15) is 0 Å². The SMILES string of the molecule is CN1C(=O)CCC(NCc2c[nH]c3ccccc23)C1=O. The normalized spacial score (nSPS) is 19.9. The first-order chi connectivity index (χ1) is 9.66. The molecule has 2 N–H and O–H groups in total. The monoisotopic (exact) mass is 271 g/mol. The highest BCUT2D eigenvalue weighted by Crippen LogP contribution is 2.18. The predicted molar refractivity (Wildman–Crippen MR) is 75.9 cm³/mol. The van der Waals surface area contributed by atoms with E-state index in [-0.39, 0.29) is 17.9 Å². The summed E-state index contributed by atoms with van der Waals surface area (Å²) in [7, 11) is 1.55. The van der Waals surface area contributed by atoms with Gasteiger partial charge in [-0.3, -0.25) is 14.5 Å². The molecule has 0 bridgehead atoms. The molecule has 2 heterocycles. The Morgan fingerprint density at radius 3 is 3.00 bits per heavy atom. The Hall–Kier alpha value is -2.14. The van der Waals surface area contributed by atoms with E-state index in [1.165, 1.54) is 4.90 Å². The zero-order valence-electron chi connectivity index (χ0n) is 11.3. The minimum Gasteiger partial charge on any atom is -0.361 e. The van der Waals surface area contributed by atoms with Gasteiger partial charge in [0.25, 0.3) is 0 Å². The van der Waals surface area contributed by atoms with E-state index < -0.39 is 0 Å². The van der Waals surface area contributed by atoms with Crippen molar-refractivity contribution < 1.29 is 9.59 Å². The second-order valence-electron chi connectivity index (χ2n) is 5.12. The fraction of sp³-hybridized carbons (Fsp3) is 0.333. The van der Waals surface area contributed by atoms with Crippen LogP contribution in [0.25, 0.3) is 10.9 Å². The van der Waals surface area contributed by atoms with Gasteiger partial charge in [0.15, 0.2) is 0 Å². The number of hydrogen-bond acceptors (Lipinski definition) is 3. The number of fused-ring (bicyclic) bond motifs is 1. The molecule has 1 unspecified atom stereocenters. The Labute approximate surface area is 117 Å². The number of nitrogens with zero attached hydrogens (tertiary/aromatic N) is 1. The number of imide groups is 1. The van der Waals surface area contributed by atoms with Gasteiger partial charge >= 0.3 is 0 Å². The average molecular weight is 271 g/mol. The van der Waals surface area contributed by atoms with Crippen LogP contribution in [-0.2, 0) is 16.1 Å². The Bertz CT molecular complexity index is 662. The Morgan fingerprint density at radius 2 is 2.15 bits per heavy atom. The number of likely N-dealkylation sites (N-methyl/N-ethyl adjacent to an activating group) is 1. The van der Waals surface area contributed by atoms with Crippen molar-refractivity contribution in [2.75, 3.05) is 7.05 Å². The average Bonchev–Trinajstić information content (AvgIpc) is 2.87. The van der Waals surface area contributed by atoms with Crippen LogP contribution in [0, 0.1) is 0 Å². The highest BCUT2D eigenvalue weighted by molar-refractivity contribution is 6.00. The number of benzene rings is 1. The van der Waals surface area contributed by atoms with Gasteiger partial charge in [0.05, 0.1) is 6.04 Å². The Balaban J connectivity index is 1.71. The fourth-order valence-corrected chi connectivity index (χ4v) is 2.62. The van der Waals surface area contributed by atoms with E-state index >= 15 is 0 Å². The van der Waals surface area contributed by atoms with Gasteiger partial charge in [0, 0.05) is 37.1 Å². The third kappa shape index (κ3) is 2.20. The lowest BCUT2D eigenvalue weighted by atomic mass is 10.0. The molecule has 1 saturated heterocycles. The maximum absolute atomic E-state index is 12.0. The third-order valence-corrected chi connectivity index (χ3v) is 3.86. The quantitative estimate of drug-likeness (QED) is 0.829. The van der Waals surface area contributed by atoms with Crippen molar-refractivity contribution in [3.8, 4) is 0 Å². The molecule has 1 fully saturated rings. The van der Waals surface area contributed by atoms with Crippen LogP contribution >= 0.6 is 0 Å². The highest BCUT2D eigenvalue weighted by Gasteiger charge is 2.31. The highest BCUT2D eigenvalue weighted by atomic mass is 16.2. The van der Waals surface area contributed by atoms with E-state index in [2.05, 4.69) is 16.4 Å². The summed E-state index contributed by atoms with van der Waals surface area (Å²) in [5.74, 6) is -0.235. The Morgan fingerprint density at radius 1 is 1.35 bits per heavy atom. The van der Waals surface area contributed by atoms with E-state index in [1.807, 2.05) is 24.4 Å². The second kappa shape index (κ2) is 5.09. The smallest absolute Gasteiger partial charge is 0.246 e. The topological polar surface area (TPSA) is 65.2 Å². The number of aromatic nitrogens is 1. The molecule has 104 valence electrons. The summed E-state index contributed by atoms with van der Waals surface area (Å²) in [6, 6.07) is 7.79. The van der Waals surface area contributed by atoms with Gasteiger partial charge in [-0.25, -0.2) is 0 Å². The lowest BCUT2D eigenvalue weighted by Gasteiger charge is -2.28. The lowest BCUT2D eigenvalue weighted by molar-refractivity contribution is -0.148. The molecule has 0 saturated carbocycles. The van der Waals surface area contributed by atoms with Crippen LogP contribution in [0.1, 0.15) is 18.4 Å². The first-order valence-electron chi connectivity index (χ1n) is 6.75. The summed E-state index contributed by atoms with van der Waals surface area (Å²) in [5.41, 5.74) is 2.22. The molecule has 0 radical (unpaired) electrons. The molecule has 5 heteroatoms. The fourth-order valence-electron chi connectivity index (χ4n) is 2.62. The minimum atomic E-state index is -0.272. The molecule has 1 aliphatic heterocycles. The summed E-state index contributed by atoms with van der Waals surface area (Å²) >= 11 is 0. The molecule has 5 nitrogen and oxygen atoms in total. The largest absolute Gasteiger partial charge is 0.361 e. The van der Waals surface area contributed by atoms with E-state index in [4.69, 9.17) is 0 Å². The van der Waals surface area contributed by atoms with Crippen molar-refractivity contribution in [3.05, 3.63) is 36.0 Å². The van der Waals surface area contributed by atoms with Crippen molar-refractivity contribution in [2.45, 2.75) is 25.4 Å². The van der Waals surface area contributed by atoms with Crippen molar-refractivity contribution >= 4 is 22.7 Å². The number of para-hydroxylation sites is 1. The van der Waals surface area contributed by atoms with Gasteiger partial charge in [0.2, 0.25) is 11.8 Å². The molecule has 1 aromatic heterocycles. The number of likely N-dealkylation sites (tertiary alicyclic amines) is 1. The van der Waals surface area contributed by atoms with Gasteiger partial charge in [-0.15, -0.1) is 0 Å². The third-order valence-electron chi connectivity index (χ3n) is 3.86. The van der Waals surface area contributed by atoms with Crippen LogP contribution in [0.15, 0.2) is 30.5 Å². The zero-order valence-corrected chi connectivity index (χ0v) is 11.3. The molecule has 1 aromatic carbocycles. The van der Waals surface area contributed by atoms with Crippen LogP contribution in [0.2, 0.25) is 0 Å². The van der Waals surface area contributed by atoms with Crippen LogP contribution in [0.3, 0.4) is 0 Å². The number of amides is 2. The maximum atomic E-state index is 12.0. The summed E-state index contributed by atoms with van der Waals surface area (Å²) in [6.45, 7) is 0.614. The van der Waals surface area contributed by atoms with Crippen molar-refractivity contribution in [3.63, 3.8) is 0 Å². The zero-order chi connectivity index (χ0) is 14.1. The predicted octanol–water partition coefficient (Wildman–Crippen LogP) is 1.40. The Kier molecular flexibility index (Phi) is 3.28. The molecule has 0 spiro atoms. The van der Waals surface area contributed by atoms with Crippen molar-refractivity contribution in [1.29, 1.82) is 0 Å². The molecule has 20 heavy (non-hydrogen) atoms. The standard InChI is InChI=1S/C15H17N3O2/c1-18-14(19)7-6-13(15(18)20)17-9-10-8-16-12-5-3-2-4-11(10)12/h2-5,8,13,16-17H,6-7,9H2,1H3. The number of carbonyl (C=O) groups excluding carboxylic acids is 2. The number of H-pyrrole nitrogens is 1. The van der Waals surface area contributed by atoms with E-state index in [1.54, 1.807) is 7.05 Å². The van der Waals surface area contributed by atoms with Crippen LogP contribution < -0.4 is 5.32 Å². The molecule has 2 amide bonds. The summed E-state index contributed by atoms with van der Waals surface area (Å²) < 4.78 is 0. The van der Waals surface area contributed by atoms with Crippen LogP contribution in [0.5, 0.6) is 0 Å². The number of piperidine rings is 1. The first-order valence-corrected chi connectivity index (χ1v) is 6.75. The first kappa shape index (κ1) is 12.9. The number of rotatable bonds is 3. The molecule has 1 atom stereocenters. The number of hydrogen-bond donors (Lipinski definition) is 2. The second-order valence-corrected chi connectivity index (χ2v) is 5.12. The maximum Gasteiger partial charge on any atom is 0.246 e. The summed E-state index contributed by atoms with van der Waals surface area (Å²) in [6.07, 6.45) is 2.96. The van der Waals surface area contributed by atoms with E-state index in [0.29, 0.717) is 19.4 Å². The molecular formula is C15H17N3O2. The summed E-state index contributed by atoms with van der Waals surface area (Å²) in [5, 5.41) is 4.41. The molecule has 2 aromatic rings. The van der Waals surface area contributed by atoms with Crippen LogP contribution in [0.4, 0.5) is 0 Å². The molecule has 0 aliphatic carbocycles. The molecule has 1 aliphatic rings. The van der Waals surface area contributed by atoms with Crippen molar-refractivity contribution in [1.82, 2.24) is 15.2 Å². The number of carbonyl (C=O) groups is 2. The molecular weight excluding hydrogens is 254 g/mol. The number of aromatic amines is 1. The van der Waals surface area contributed by atoms with E-state index in [0.717, 1.165) is 16.5 Å². The van der Waals surface area contributed by atoms with Gasteiger partial charge in [-0.2, -0.15) is 0 Å². The summed E-state index contributed by atoms with van der Waals surface area (Å²) in [4.78, 5) is 27.9. The lowest BCUT2D eigenvalue weighted by Crippen LogP contribution is -2.51. The molecule has 3 rings (SSSR count). The van der Waals surface area contributed by atoms with E-state index in [9.17, 15) is 9.59 Å². The van der Waals surface area contributed by atoms with Gasteiger partial charge in [-0.1, -0.05) is 18.2 Å². The number of nitrogens with one attached hydrogen (secondary N) is 2. The van der Waals surface area contributed by atoms with Crippen LogP contribution in [-0.4, -0.2) is 34.8 Å². The van der Waals surface area contributed by atoms with Gasteiger partial charge < -0.3 is 10.3 Å². The van der Waals surface area contributed by atoms with Crippen molar-refractivity contribution in [2.24, 2.45) is 0 Å².